The zero-order chi connectivity index (χ0) is 26.1. The minimum atomic E-state index is -1.56. The van der Waals surface area contributed by atoms with E-state index in [-0.39, 0.29) is 73.9 Å². The second-order valence-electron chi connectivity index (χ2n) is 7.28. The van der Waals surface area contributed by atoms with Crippen LogP contribution in [0.4, 0.5) is 5.13 Å². The van der Waals surface area contributed by atoms with E-state index < -0.39 is 40.3 Å². The molecule has 0 radical (unpaired) electrons. The van der Waals surface area contributed by atoms with Crippen LogP contribution in [0.3, 0.4) is 0 Å². The summed E-state index contributed by atoms with van der Waals surface area (Å²) >= 11 is 3.35. The van der Waals surface area contributed by atoms with Crippen LogP contribution in [0.15, 0.2) is 36.6 Å². The van der Waals surface area contributed by atoms with Crippen molar-refractivity contribution in [3.63, 3.8) is 0 Å². The van der Waals surface area contributed by atoms with Crippen LogP contribution in [0.1, 0.15) is 5.69 Å². The number of β-lactam (4-membered cyclic amide) rings is 1. The van der Waals surface area contributed by atoms with Crippen molar-refractivity contribution in [3.8, 4) is 0 Å². The van der Waals surface area contributed by atoms with Gasteiger partial charge in [-0.15, -0.1) is 23.1 Å². The van der Waals surface area contributed by atoms with Crippen LogP contribution in [0.5, 0.6) is 0 Å². The zero-order valence-corrected chi connectivity index (χ0v) is 24.5. The van der Waals surface area contributed by atoms with E-state index in [0.717, 1.165) is 28.0 Å². The second kappa shape index (κ2) is 12.9. The molecule has 4 heterocycles. The van der Waals surface area contributed by atoms with Crippen molar-refractivity contribution >= 4 is 63.5 Å². The third-order valence-electron chi connectivity index (χ3n) is 5.01. The van der Waals surface area contributed by atoms with E-state index in [1.807, 2.05) is 0 Å². The molecular formula is C18H19N8NaO8S3. The van der Waals surface area contributed by atoms with Crippen molar-refractivity contribution in [2.24, 2.45) is 12.2 Å². The smallest absolute Gasteiger partial charge is 0.543 e. The Labute approximate surface area is 247 Å². The summed E-state index contributed by atoms with van der Waals surface area (Å²) in [4.78, 5) is 74.0. The number of nitrogens with zero attached hydrogens (tertiary/aromatic N) is 5. The average molecular weight is 595 g/mol. The number of aliphatic carboxylic acids is 1. The summed E-state index contributed by atoms with van der Waals surface area (Å²) in [5, 5.41) is 21.6. The maximum Gasteiger partial charge on any atom is 1.00 e. The van der Waals surface area contributed by atoms with Gasteiger partial charge in [-0.2, -0.15) is 4.98 Å². The minimum absolute atomic E-state index is 0. The molecule has 4 rings (SSSR count). The fourth-order valence-electron chi connectivity index (χ4n) is 3.43. The number of hydrogen-bond donors (Lipinski definition) is 3. The molecule has 0 unspecified atom stereocenters. The van der Waals surface area contributed by atoms with E-state index >= 15 is 0 Å². The summed E-state index contributed by atoms with van der Waals surface area (Å²) in [6, 6.07) is -1.02. The quantitative estimate of drug-likeness (QED) is 0.0644. The molecular weight excluding hydrogens is 575 g/mol. The third-order valence-corrected chi connectivity index (χ3v) is 8.14. The van der Waals surface area contributed by atoms with Gasteiger partial charge in [0.25, 0.3) is 11.8 Å². The molecule has 1 fully saturated rings. The van der Waals surface area contributed by atoms with Crippen LogP contribution in [-0.4, -0.2) is 83.7 Å². The molecule has 198 valence electrons. The van der Waals surface area contributed by atoms with Crippen LogP contribution in [0.25, 0.3) is 0 Å². The fourth-order valence-corrected chi connectivity index (χ4v) is 6.38. The molecule has 0 aliphatic carbocycles. The molecule has 16 nitrogen and oxygen atoms in total. The van der Waals surface area contributed by atoms with Crippen LogP contribution in [0, 0.1) is 0 Å². The Kier molecular flexibility index (Phi) is 10.7. The standard InChI is InChI=1S/C18H18N8O7S3.Na.H2O/c1-25-18(22-12(28)13(29)23-25)36-4-6-3-34-15-9(14(30)26(15)10(6)16(31)32)21-11(27)8(24-33-2)7-5-35-17(19)20-7;;/h5,9,15H,3-4H2,1-2H3,(H2,19,20)(H,21,27)(H,23,29)(H,31,32);;1H2/q;+1;/p-1/b24-8+;;/t9-,15-;;/m1../s1. The van der Waals surface area contributed by atoms with Gasteiger partial charge in [0.05, 0.1) is 11.7 Å². The van der Waals surface area contributed by atoms with Gasteiger partial charge >= 0.3 is 40.7 Å². The number of amides is 2. The molecule has 0 saturated carbocycles. The van der Waals surface area contributed by atoms with Gasteiger partial charge in [-0.05, 0) is 5.57 Å². The Morgan fingerprint density at radius 2 is 2.08 bits per heavy atom. The van der Waals surface area contributed by atoms with Gasteiger partial charge < -0.3 is 31.3 Å². The summed E-state index contributed by atoms with van der Waals surface area (Å²) in [6.07, 6.45) is 0. The first-order valence-corrected chi connectivity index (χ1v) is 12.8. The number of H-pyrrole nitrogens is 1. The Bertz CT molecular complexity index is 1440. The van der Waals surface area contributed by atoms with E-state index in [1.165, 1.54) is 36.0 Å². The number of nitrogens with one attached hydrogen (secondary N) is 2. The van der Waals surface area contributed by atoms with Crippen molar-refractivity contribution in [1.82, 2.24) is 30.0 Å². The van der Waals surface area contributed by atoms with Crippen molar-refractivity contribution in [2.75, 3.05) is 24.3 Å². The number of rotatable bonds is 8. The van der Waals surface area contributed by atoms with Gasteiger partial charge in [-0.3, -0.25) is 33.9 Å². The number of hydrogen-bond acceptors (Lipinski definition) is 14. The van der Waals surface area contributed by atoms with Crippen molar-refractivity contribution < 1.29 is 59.4 Å². The van der Waals surface area contributed by atoms with Crippen LogP contribution in [-0.2, 0) is 26.3 Å². The van der Waals surface area contributed by atoms with E-state index in [9.17, 15) is 29.1 Å². The fraction of sp³-hybridized carbons (Fsp3) is 0.333. The predicted octanol–water partition coefficient (Wildman–Crippen LogP) is -6.77. The first kappa shape index (κ1) is 31.5. The maximum atomic E-state index is 12.9. The minimum Gasteiger partial charge on any atom is -0.543 e. The van der Waals surface area contributed by atoms with Crippen molar-refractivity contribution in [2.45, 2.75) is 16.6 Å². The molecule has 20 heteroatoms. The predicted molar refractivity (Wildman–Crippen MR) is 132 cm³/mol. The van der Waals surface area contributed by atoms with Crippen molar-refractivity contribution in [3.05, 3.63) is 43.1 Å². The van der Waals surface area contributed by atoms with E-state index in [2.05, 4.69) is 25.5 Å². The molecule has 1 saturated heterocycles. The van der Waals surface area contributed by atoms with Crippen molar-refractivity contribution in [1.29, 1.82) is 0 Å². The largest absolute Gasteiger partial charge is 1.00 e. The summed E-state index contributed by atoms with van der Waals surface area (Å²) in [6.45, 7) is 0. The Morgan fingerprint density at radius 1 is 1.37 bits per heavy atom. The number of oxime groups is 1. The van der Waals surface area contributed by atoms with Crippen LogP contribution >= 0.6 is 34.9 Å². The number of carbonyl (C=O) groups excluding carboxylic acids is 3. The number of aromatic nitrogens is 4. The van der Waals surface area contributed by atoms with Gasteiger partial charge in [-0.1, -0.05) is 16.9 Å². The van der Waals surface area contributed by atoms with Crippen LogP contribution < -0.4 is 56.8 Å². The van der Waals surface area contributed by atoms with Gasteiger partial charge in [0.15, 0.2) is 16.0 Å². The second-order valence-corrected chi connectivity index (χ2v) is 10.2. The van der Waals surface area contributed by atoms with E-state index in [1.54, 1.807) is 0 Å². The zero-order valence-electron chi connectivity index (χ0n) is 20.0. The number of fused-ring (bicyclic) bond motifs is 1. The number of thioether (sulfide) groups is 2. The molecule has 2 aliphatic heterocycles. The van der Waals surface area contributed by atoms with Crippen LogP contribution in [0.2, 0.25) is 0 Å². The molecule has 2 atom stereocenters. The number of aryl methyl sites for hydroxylation is 1. The number of nitrogen functional groups attached to an aromatic ring is 1. The summed E-state index contributed by atoms with van der Waals surface area (Å²) in [5.74, 6) is -2.68. The molecule has 2 aromatic rings. The van der Waals surface area contributed by atoms with Gasteiger partial charge in [0, 0.05) is 23.9 Å². The monoisotopic (exact) mass is 594 g/mol. The molecule has 0 bridgehead atoms. The molecule has 2 amide bonds. The third kappa shape index (κ3) is 6.14. The Morgan fingerprint density at radius 3 is 2.68 bits per heavy atom. The summed E-state index contributed by atoms with van der Waals surface area (Å²) in [5.41, 5.74) is 3.77. The van der Waals surface area contributed by atoms with Gasteiger partial charge in [-0.25, -0.2) is 4.98 Å². The number of aromatic amines is 1. The number of carbonyl (C=O) groups is 3. The normalized spacial score (nSPS) is 18.5. The molecule has 38 heavy (non-hydrogen) atoms. The molecule has 0 spiro atoms. The maximum absolute atomic E-state index is 12.9. The van der Waals surface area contributed by atoms with E-state index in [0.29, 0.717) is 5.57 Å². The SMILES string of the molecule is CO/N=C(/C(=O)N[C@@H]1C(=O)N2C(C(=O)[O-])=C(CSc3nc(=O)c(=O)[nH]n3C)CS[C@H]12)c1csc(N)n1.O.[Na+]. The number of thiazole rings is 1. The van der Waals surface area contributed by atoms with Gasteiger partial charge in [0.1, 0.15) is 24.2 Å². The number of carboxylic acids is 1. The topological polar surface area (TPSA) is 249 Å². The summed E-state index contributed by atoms with van der Waals surface area (Å²) in [7, 11) is 2.72. The summed E-state index contributed by atoms with van der Waals surface area (Å²) < 4.78 is 1.24. The molecule has 0 aromatic carbocycles. The number of nitrogens with two attached hydrogens (primary N) is 1. The molecule has 2 aliphatic rings. The number of carboxylic acid groups (broad SMARTS) is 1. The Hall–Kier alpha value is -2.68. The first-order valence-electron chi connectivity index (χ1n) is 9.94. The van der Waals surface area contributed by atoms with E-state index in [4.69, 9.17) is 10.6 Å². The first-order chi connectivity index (χ1) is 17.1. The molecule has 6 N–H and O–H groups in total. The molecule has 2 aromatic heterocycles. The number of anilines is 1. The average Bonchev–Trinajstić information content (AvgIpc) is 3.27. The van der Waals surface area contributed by atoms with Gasteiger partial charge in [0.2, 0.25) is 0 Å². The Balaban J connectivity index is 0.00000253.